The average molecular weight is 358 g/mol. The van der Waals surface area contributed by atoms with E-state index in [0.29, 0.717) is 34.4 Å². The Balaban J connectivity index is 1.64. The Kier molecular flexibility index (Phi) is 5.04. The van der Waals surface area contributed by atoms with Gasteiger partial charge in [-0.2, -0.15) is 0 Å². The Morgan fingerprint density at radius 2 is 1.28 bits per heavy atom. The molecule has 0 unspecified atom stereocenters. The number of thiophene rings is 1. The lowest BCUT2D eigenvalue weighted by Crippen LogP contribution is -2.26. The first-order valence-corrected chi connectivity index (χ1v) is 8.52. The molecule has 0 aromatic carbocycles. The molecule has 0 atom stereocenters. The molecule has 0 saturated heterocycles. The second-order valence-corrected chi connectivity index (χ2v) is 6.73. The van der Waals surface area contributed by atoms with Crippen LogP contribution in [0.25, 0.3) is 0 Å². The lowest BCUT2D eigenvalue weighted by atomic mass is 10.3. The normalized spacial score (nSPS) is 10.6. The fourth-order valence-electron chi connectivity index (χ4n) is 2.36. The van der Waals surface area contributed by atoms with E-state index in [0.717, 1.165) is 0 Å². The molecule has 3 aromatic rings. The van der Waals surface area contributed by atoms with Crippen molar-refractivity contribution in [3.63, 3.8) is 0 Å². The SMILES string of the molecule is CN(Cc1ccco1)C(=O)c1ccc(C(=O)N(C)Cc2ccco2)s1. The summed E-state index contributed by atoms with van der Waals surface area (Å²) < 4.78 is 10.5. The summed E-state index contributed by atoms with van der Waals surface area (Å²) >= 11 is 1.19. The first-order chi connectivity index (χ1) is 12.0. The molecule has 3 heterocycles. The van der Waals surface area contributed by atoms with Crippen molar-refractivity contribution < 1.29 is 18.4 Å². The summed E-state index contributed by atoms with van der Waals surface area (Å²) in [5.41, 5.74) is 0. The standard InChI is InChI=1S/C18H18N2O4S/c1-19(11-13-5-3-9-23-13)17(21)15-7-8-16(25-15)18(22)20(2)12-14-6-4-10-24-14/h3-10H,11-12H2,1-2H3. The molecule has 0 saturated carbocycles. The maximum atomic E-state index is 12.5. The molecule has 0 radical (unpaired) electrons. The first-order valence-electron chi connectivity index (χ1n) is 7.70. The van der Waals surface area contributed by atoms with Gasteiger partial charge in [-0.3, -0.25) is 9.59 Å². The van der Waals surface area contributed by atoms with Crippen LogP contribution in [0, 0.1) is 0 Å². The van der Waals surface area contributed by atoms with Gasteiger partial charge < -0.3 is 18.6 Å². The summed E-state index contributed by atoms with van der Waals surface area (Å²) in [5, 5.41) is 0. The maximum absolute atomic E-state index is 12.5. The van der Waals surface area contributed by atoms with Gasteiger partial charge in [0.2, 0.25) is 0 Å². The molecule has 0 aliphatic carbocycles. The molecular formula is C18H18N2O4S. The Hall–Kier alpha value is -2.80. The third kappa shape index (κ3) is 4.00. The number of hydrogen-bond acceptors (Lipinski definition) is 5. The molecule has 0 fully saturated rings. The summed E-state index contributed by atoms with van der Waals surface area (Å²) in [6.07, 6.45) is 3.15. The van der Waals surface area contributed by atoms with Crippen LogP contribution in [0.4, 0.5) is 0 Å². The zero-order chi connectivity index (χ0) is 17.8. The molecule has 2 amide bonds. The van der Waals surface area contributed by atoms with Crippen LogP contribution in [0.1, 0.15) is 30.9 Å². The maximum Gasteiger partial charge on any atom is 0.264 e. The third-order valence-electron chi connectivity index (χ3n) is 3.67. The molecule has 7 heteroatoms. The largest absolute Gasteiger partial charge is 0.467 e. The van der Waals surface area contributed by atoms with Crippen molar-refractivity contribution in [3.05, 3.63) is 70.2 Å². The second kappa shape index (κ2) is 7.40. The highest BCUT2D eigenvalue weighted by atomic mass is 32.1. The van der Waals surface area contributed by atoms with Crippen LogP contribution in [0.2, 0.25) is 0 Å². The van der Waals surface area contributed by atoms with E-state index in [4.69, 9.17) is 8.83 Å². The molecule has 0 N–H and O–H groups in total. The third-order valence-corrected chi connectivity index (χ3v) is 4.73. The Morgan fingerprint density at radius 1 is 0.840 bits per heavy atom. The predicted octanol–water partition coefficient (Wildman–Crippen LogP) is 3.48. The summed E-state index contributed by atoms with van der Waals surface area (Å²) in [5.74, 6) is 1.13. The van der Waals surface area contributed by atoms with Gasteiger partial charge in [0.05, 0.1) is 35.4 Å². The van der Waals surface area contributed by atoms with Gasteiger partial charge >= 0.3 is 0 Å². The van der Waals surface area contributed by atoms with Crippen LogP contribution in [0.5, 0.6) is 0 Å². The zero-order valence-electron chi connectivity index (χ0n) is 14.0. The van der Waals surface area contributed by atoms with Gasteiger partial charge in [0, 0.05) is 14.1 Å². The molecule has 0 aliphatic heterocycles. The van der Waals surface area contributed by atoms with Crippen LogP contribution in [0.15, 0.2) is 57.8 Å². The zero-order valence-corrected chi connectivity index (χ0v) is 14.8. The van der Waals surface area contributed by atoms with Crippen LogP contribution in [-0.4, -0.2) is 35.7 Å². The van der Waals surface area contributed by atoms with Crippen molar-refractivity contribution in [2.24, 2.45) is 0 Å². The number of furan rings is 2. The monoisotopic (exact) mass is 358 g/mol. The van der Waals surface area contributed by atoms with Gasteiger partial charge in [0.1, 0.15) is 11.5 Å². The number of hydrogen-bond donors (Lipinski definition) is 0. The molecule has 3 rings (SSSR count). The van der Waals surface area contributed by atoms with E-state index in [1.54, 1.807) is 60.7 Å². The lowest BCUT2D eigenvalue weighted by Gasteiger charge is -2.15. The fraction of sp³-hybridized carbons (Fsp3) is 0.222. The van der Waals surface area contributed by atoms with Crippen molar-refractivity contribution >= 4 is 23.2 Å². The van der Waals surface area contributed by atoms with Gasteiger partial charge in [-0.05, 0) is 36.4 Å². The predicted molar refractivity (Wildman–Crippen MR) is 93.3 cm³/mol. The van der Waals surface area contributed by atoms with E-state index in [9.17, 15) is 9.59 Å². The number of rotatable bonds is 6. The van der Waals surface area contributed by atoms with Gasteiger partial charge in [-0.25, -0.2) is 0 Å². The number of carbonyl (C=O) groups is 2. The van der Waals surface area contributed by atoms with Crippen LogP contribution in [0.3, 0.4) is 0 Å². The molecule has 130 valence electrons. The summed E-state index contributed by atoms with van der Waals surface area (Å²) in [7, 11) is 3.41. The van der Waals surface area contributed by atoms with Gasteiger partial charge in [0.15, 0.2) is 0 Å². The fourth-order valence-corrected chi connectivity index (χ4v) is 3.36. The van der Waals surface area contributed by atoms with Crippen molar-refractivity contribution in [3.8, 4) is 0 Å². The topological polar surface area (TPSA) is 66.9 Å². The van der Waals surface area contributed by atoms with E-state index in [1.807, 2.05) is 12.1 Å². The Labute approximate surface area is 149 Å². The quantitative estimate of drug-likeness (QED) is 0.677. The smallest absolute Gasteiger partial charge is 0.264 e. The van der Waals surface area contributed by atoms with Gasteiger partial charge in [-0.1, -0.05) is 0 Å². The van der Waals surface area contributed by atoms with Gasteiger partial charge in [-0.15, -0.1) is 11.3 Å². The van der Waals surface area contributed by atoms with Crippen molar-refractivity contribution in [2.45, 2.75) is 13.1 Å². The van der Waals surface area contributed by atoms with E-state index in [1.165, 1.54) is 11.3 Å². The van der Waals surface area contributed by atoms with E-state index in [-0.39, 0.29) is 11.8 Å². The average Bonchev–Trinajstić information content (AvgIpc) is 3.35. The molecule has 0 bridgehead atoms. The van der Waals surface area contributed by atoms with Crippen LogP contribution >= 0.6 is 11.3 Å². The molecule has 6 nitrogen and oxygen atoms in total. The summed E-state index contributed by atoms with van der Waals surface area (Å²) in [4.78, 5) is 29.1. The Morgan fingerprint density at radius 3 is 1.64 bits per heavy atom. The highest BCUT2D eigenvalue weighted by Gasteiger charge is 2.20. The Bertz CT molecular complexity index is 768. The second-order valence-electron chi connectivity index (χ2n) is 5.65. The number of amides is 2. The van der Waals surface area contributed by atoms with E-state index in [2.05, 4.69) is 0 Å². The minimum atomic E-state index is -0.144. The van der Waals surface area contributed by atoms with E-state index < -0.39 is 0 Å². The minimum Gasteiger partial charge on any atom is -0.467 e. The molecular weight excluding hydrogens is 340 g/mol. The van der Waals surface area contributed by atoms with Crippen LogP contribution < -0.4 is 0 Å². The lowest BCUT2D eigenvalue weighted by molar-refractivity contribution is 0.0775. The van der Waals surface area contributed by atoms with Crippen molar-refractivity contribution in [1.29, 1.82) is 0 Å². The van der Waals surface area contributed by atoms with Crippen molar-refractivity contribution in [2.75, 3.05) is 14.1 Å². The number of carbonyl (C=O) groups excluding carboxylic acids is 2. The minimum absolute atomic E-state index is 0.144. The summed E-state index contributed by atoms with van der Waals surface area (Å²) in [6.45, 7) is 0.761. The molecule has 0 aliphatic rings. The molecule has 25 heavy (non-hydrogen) atoms. The highest BCUT2D eigenvalue weighted by Crippen LogP contribution is 2.21. The number of nitrogens with zero attached hydrogens (tertiary/aromatic N) is 2. The van der Waals surface area contributed by atoms with Crippen molar-refractivity contribution in [1.82, 2.24) is 9.80 Å². The molecule has 0 spiro atoms. The highest BCUT2D eigenvalue weighted by molar-refractivity contribution is 7.15. The molecule has 3 aromatic heterocycles. The van der Waals surface area contributed by atoms with E-state index >= 15 is 0 Å². The van der Waals surface area contributed by atoms with Crippen LogP contribution in [-0.2, 0) is 13.1 Å². The first kappa shape index (κ1) is 17.0. The van der Waals surface area contributed by atoms with Gasteiger partial charge in [0.25, 0.3) is 11.8 Å². The summed E-state index contributed by atoms with van der Waals surface area (Å²) in [6, 6.07) is 10.6.